The predicted octanol–water partition coefficient (Wildman–Crippen LogP) is 1.99. The van der Waals surface area contributed by atoms with E-state index in [-0.39, 0.29) is 11.5 Å². The van der Waals surface area contributed by atoms with Crippen molar-refractivity contribution >= 4 is 5.91 Å². The fourth-order valence-corrected chi connectivity index (χ4v) is 2.11. The number of nitrogens with one attached hydrogen (secondary N) is 1. The summed E-state index contributed by atoms with van der Waals surface area (Å²) in [7, 11) is 1.57. The molecule has 0 saturated heterocycles. The maximum atomic E-state index is 12.0. The minimum Gasteiger partial charge on any atom is -0.497 e. The van der Waals surface area contributed by atoms with E-state index < -0.39 is 0 Å². The Balaban J connectivity index is 1.83. The Labute approximate surface area is 129 Å². The van der Waals surface area contributed by atoms with Gasteiger partial charge in [-0.1, -0.05) is 6.07 Å². The quantitative estimate of drug-likeness (QED) is 0.830. The SMILES string of the molecule is COc1cccc(C(=O)NCCCn2ccc(C)cc2=O)c1. The smallest absolute Gasteiger partial charge is 0.251 e. The number of carbonyl (C=O) groups excluding carboxylic acids is 1. The van der Waals surface area contributed by atoms with Gasteiger partial charge < -0.3 is 14.6 Å². The molecule has 1 amide bonds. The highest BCUT2D eigenvalue weighted by molar-refractivity contribution is 5.94. The molecule has 5 nitrogen and oxygen atoms in total. The van der Waals surface area contributed by atoms with Crippen LogP contribution < -0.4 is 15.6 Å². The van der Waals surface area contributed by atoms with Crippen LogP contribution in [0.3, 0.4) is 0 Å². The Hall–Kier alpha value is -2.56. The fraction of sp³-hybridized carbons (Fsp3) is 0.294. The molecule has 22 heavy (non-hydrogen) atoms. The molecule has 0 saturated carbocycles. The van der Waals surface area contributed by atoms with E-state index in [1.807, 2.05) is 13.0 Å². The van der Waals surface area contributed by atoms with Gasteiger partial charge in [0.15, 0.2) is 0 Å². The van der Waals surface area contributed by atoms with E-state index in [9.17, 15) is 9.59 Å². The van der Waals surface area contributed by atoms with Crippen molar-refractivity contribution in [1.82, 2.24) is 9.88 Å². The van der Waals surface area contributed by atoms with Crippen LogP contribution in [-0.4, -0.2) is 24.1 Å². The van der Waals surface area contributed by atoms with Crippen LogP contribution in [0.2, 0.25) is 0 Å². The first kappa shape index (κ1) is 15.8. The number of pyridine rings is 1. The number of hydrogen-bond donors (Lipinski definition) is 1. The molecule has 116 valence electrons. The number of benzene rings is 1. The maximum absolute atomic E-state index is 12.0. The van der Waals surface area contributed by atoms with Crippen molar-refractivity contribution in [3.05, 3.63) is 64.1 Å². The van der Waals surface area contributed by atoms with E-state index in [0.29, 0.717) is 30.8 Å². The lowest BCUT2D eigenvalue weighted by Crippen LogP contribution is -2.27. The topological polar surface area (TPSA) is 60.3 Å². The molecule has 5 heteroatoms. The van der Waals surface area contributed by atoms with Crippen LogP contribution in [0.5, 0.6) is 5.75 Å². The summed E-state index contributed by atoms with van der Waals surface area (Å²) in [6.07, 6.45) is 2.47. The minimum atomic E-state index is -0.143. The summed E-state index contributed by atoms with van der Waals surface area (Å²) in [5, 5.41) is 2.84. The first-order chi connectivity index (χ1) is 10.6. The summed E-state index contributed by atoms with van der Waals surface area (Å²) in [6, 6.07) is 10.5. The van der Waals surface area contributed by atoms with Crippen LogP contribution in [0.25, 0.3) is 0 Å². The lowest BCUT2D eigenvalue weighted by molar-refractivity contribution is 0.0952. The Bertz CT molecular complexity index is 707. The zero-order chi connectivity index (χ0) is 15.9. The molecule has 0 fully saturated rings. The Kier molecular flexibility index (Phi) is 5.36. The summed E-state index contributed by atoms with van der Waals surface area (Å²) < 4.78 is 6.74. The number of rotatable bonds is 6. The highest BCUT2D eigenvalue weighted by atomic mass is 16.5. The van der Waals surface area contributed by atoms with Crippen LogP contribution in [0.4, 0.5) is 0 Å². The van der Waals surface area contributed by atoms with Crippen LogP contribution in [-0.2, 0) is 6.54 Å². The monoisotopic (exact) mass is 300 g/mol. The van der Waals surface area contributed by atoms with Crippen LogP contribution >= 0.6 is 0 Å². The van der Waals surface area contributed by atoms with Crippen molar-refractivity contribution < 1.29 is 9.53 Å². The largest absolute Gasteiger partial charge is 0.497 e. The van der Waals surface area contributed by atoms with Crippen LogP contribution in [0.1, 0.15) is 22.3 Å². The molecule has 1 aromatic carbocycles. The van der Waals surface area contributed by atoms with Crippen molar-refractivity contribution in [3.8, 4) is 5.75 Å². The molecule has 2 aromatic rings. The molecule has 0 atom stereocenters. The normalized spacial score (nSPS) is 10.3. The molecule has 1 N–H and O–H groups in total. The molecule has 0 bridgehead atoms. The third-order valence-corrected chi connectivity index (χ3v) is 3.34. The van der Waals surface area contributed by atoms with Crippen molar-refractivity contribution in [2.75, 3.05) is 13.7 Å². The van der Waals surface area contributed by atoms with Crippen molar-refractivity contribution in [1.29, 1.82) is 0 Å². The van der Waals surface area contributed by atoms with Gasteiger partial charge in [-0.25, -0.2) is 0 Å². The minimum absolute atomic E-state index is 0.0147. The molecule has 1 aromatic heterocycles. The summed E-state index contributed by atoms with van der Waals surface area (Å²) in [6.45, 7) is 2.98. The highest BCUT2D eigenvalue weighted by Crippen LogP contribution is 2.12. The second-order valence-electron chi connectivity index (χ2n) is 5.08. The third kappa shape index (κ3) is 4.22. The maximum Gasteiger partial charge on any atom is 0.251 e. The number of methoxy groups -OCH3 is 1. The van der Waals surface area contributed by atoms with Gasteiger partial charge in [0.25, 0.3) is 11.5 Å². The average molecular weight is 300 g/mol. The van der Waals surface area contributed by atoms with Gasteiger partial charge in [-0.15, -0.1) is 0 Å². The van der Waals surface area contributed by atoms with Gasteiger partial charge in [0.2, 0.25) is 0 Å². The van der Waals surface area contributed by atoms with Gasteiger partial charge in [0.05, 0.1) is 7.11 Å². The molecule has 0 aliphatic rings. The van der Waals surface area contributed by atoms with E-state index in [0.717, 1.165) is 5.56 Å². The van der Waals surface area contributed by atoms with Crippen LogP contribution in [0, 0.1) is 6.92 Å². The molecule has 0 aliphatic carbocycles. The second kappa shape index (κ2) is 7.45. The molecule has 2 rings (SSSR count). The number of aryl methyl sites for hydroxylation is 2. The number of carbonyl (C=O) groups is 1. The Morgan fingerprint density at radius 3 is 2.82 bits per heavy atom. The second-order valence-corrected chi connectivity index (χ2v) is 5.08. The molecule has 0 unspecified atom stereocenters. The number of nitrogens with zero attached hydrogens (tertiary/aromatic N) is 1. The number of aromatic nitrogens is 1. The van der Waals surface area contributed by atoms with Crippen molar-refractivity contribution in [2.45, 2.75) is 19.9 Å². The Morgan fingerprint density at radius 1 is 1.27 bits per heavy atom. The van der Waals surface area contributed by atoms with E-state index >= 15 is 0 Å². The Morgan fingerprint density at radius 2 is 2.09 bits per heavy atom. The molecule has 0 aliphatic heterocycles. The molecule has 1 heterocycles. The summed E-state index contributed by atoms with van der Waals surface area (Å²) in [5.74, 6) is 0.508. The van der Waals surface area contributed by atoms with E-state index in [4.69, 9.17) is 4.74 Å². The number of ether oxygens (including phenoxy) is 1. The molecule has 0 spiro atoms. The van der Waals surface area contributed by atoms with Gasteiger partial charge in [0, 0.05) is 30.9 Å². The molecular formula is C17H20N2O3. The van der Waals surface area contributed by atoms with Crippen LogP contribution in [0.15, 0.2) is 47.4 Å². The average Bonchev–Trinajstić information content (AvgIpc) is 2.53. The first-order valence-electron chi connectivity index (χ1n) is 7.19. The summed E-state index contributed by atoms with van der Waals surface area (Å²) in [5.41, 5.74) is 1.50. The zero-order valence-electron chi connectivity index (χ0n) is 12.8. The standard InChI is InChI=1S/C17H20N2O3/c1-13-7-10-19(16(20)11-13)9-4-8-18-17(21)14-5-3-6-15(12-14)22-2/h3,5-7,10-12H,4,8-9H2,1-2H3,(H,18,21). The van der Waals surface area contributed by atoms with E-state index in [1.165, 1.54) is 0 Å². The van der Waals surface area contributed by atoms with Gasteiger partial charge in [-0.05, 0) is 43.2 Å². The molecular weight excluding hydrogens is 280 g/mol. The first-order valence-corrected chi connectivity index (χ1v) is 7.19. The summed E-state index contributed by atoms with van der Waals surface area (Å²) in [4.78, 5) is 23.7. The van der Waals surface area contributed by atoms with Gasteiger partial charge in [0.1, 0.15) is 5.75 Å². The lowest BCUT2D eigenvalue weighted by atomic mass is 10.2. The fourth-order valence-electron chi connectivity index (χ4n) is 2.11. The van der Waals surface area contributed by atoms with Crippen molar-refractivity contribution in [3.63, 3.8) is 0 Å². The van der Waals surface area contributed by atoms with Gasteiger partial charge >= 0.3 is 0 Å². The summed E-state index contributed by atoms with van der Waals surface area (Å²) >= 11 is 0. The van der Waals surface area contributed by atoms with Gasteiger partial charge in [-0.2, -0.15) is 0 Å². The van der Waals surface area contributed by atoms with E-state index in [2.05, 4.69) is 5.32 Å². The van der Waals surface area contributed by atoms with Crippen molar-refractivity contribution in [2.24, 2.45) is 0 Å². The predicted molar refractivity (Wildman–Crippen MR) is 85.4 cm³/mol. The lowest BCUT2D eigenvalue weighted by Gasteiger charge is -2.08. The van der Waals surface area contributed by atoms with E-state index in [1.54, 1.807) is 48.2 Å². The molecule has 0 radical (unpaired) electrons. The highest BCUT2D eigenvalue weighted by Gasteiger charge is 2.05. The number of amides is 1. The zero-order valence-corrected chi connectivity index (χ0v) is 12.8. The number of hydrogen-bond acceptors (Lipinski definition) is 3. The van der Waals surface area contributed by atoms with Gasteiger partial charge in [-0.3, -0.25) is 9.59 Å². The third-order valence-electron chi connectivity index (χ3n) is 3.34.